The van der Waals surface area contributed by atoms with E-state index in [1.807, 2.05) is 49.4 Å². The van der Waals surface area contributed by atoms with Gasteiger partial charge < -0.3 is 4.74 Å². The second kappa shape index (κ2) is 6.40. The van der Waals surface area contributed by atoms with Crippen LogP contribution in [0.3, 0.4) is 0 Å². The van der Waals surface area contributed by atoms with Gasteiger partial charge in [0.1, 0.15) is 0 Å². The number of fused-ring (bicyclic) bond motifs is 1. The smallest absolute Gasteiger partial charge is 0.337 e. The molecule has 0 N–H and O–H groups in total. The van der Waals surface area contributed by atoms with Crippen molar-refractivity contribution in [1.82, 2.24) is 4.98 Å². The summed E-state index contributed by atoms with van der Waals surface area (Å²) >= 11 is 0. The summed E-state index contributed by atoms with van der Waals surface area (Å²) in [6.45, 7) is 1.97. The van der Waals surface area contributed by atoms with Crippen molar-refractivity contribution in [2.75, 3.05) is 7.11 Å². The van der Waals surface area contributed by atoms with E-state index in [1.54, 1.807) is 18.3 Å². The van der Waals surface area contributed by atoms with Crippen LogP contribution in [0.4, 0.5) is 5.69 Å². The minimum absolute atomic E-state index is 0.344. The maximum absolute atomic E-state index is 11.4. The molecule has 1 aromatic heterocycles. The number of rotatable bonds is 3. The van der Waals surface area contributed by atoms with E-state index in [9.17, 15) is 4.79 Å². The van der Waals surface area contributed by atoms with E-state index in [0.717, 1.165) is 27.8 Å². The van der Waals surface area contributed by atoms with Gasteiger partial charge in [-0.05, 0) is 48.9 Å². The first kappa shape index (κ1) is 14.9. The minimum Gasteiger partial charge on any atom is -0.465 e. The lowest BCUT2D eigenvalue weighted by Crippen LogP contribution is -2.00. The number of aryl methyl sites for hydroxylation is 1. The molecule has 114 valence electrons. The summed E-state index contributed by atoms with van der Waals surface area (Å²) < 4.78 is 4.68. The number of pyridine rings is 1. The summed E-state index contributed by atoms with van der Waals surface area (Å²) in [6.07, 6.45) is 1.77. The van der Waals surface area contributed by atoms with Crippen LogP contribution in [-0.2, 0) is 4.74 Å². The highest BCUT2D eigenvalue weighted by Gasteiger charge is 2.04. The van der Waals surface area contributed by atoms with Gasteiger partial charge in [0.15, 0.2) is 0 Å². The standard InChI is InChI=1S/C19H16N2O2/c1-13-6-11-16-17(4-3-5-18(16)21-13)20-12-14-7-9-15(10-8-14)19(22)23-2/h3-12H,1-2H3. The van der Waals surface area contributed by atoms with Crippen LogP contribution < -0.4 is 0 Å². The molecule has 0 fully saturated rings. The molecule has 0 saturated carbocycles. The Bertz CT molecular complexity index is 884. The first-order valence-corrected chi connectivity index (χ1v) is 7.26. The fourth-order valence-electron chi connectivity index (χ4n) is 2.32. The van der Waals surface area contributed by atoms with Gasteiger partial charge in [0.2, 0.25) is 0 Å². The zero-order valence-electron chi connectivity index (χ0n) is 13.0. The third-order valence-electron chi connectivity index (χ3n) is 3.53. The van der Waals surface area contributed by atoms with Crippen LogP contribution in [0.2, 0.25) is 0 Å². The lowest BCUT2D eigenvalue weighted by Gasteiger charge is -2.02. The van der Waals surface area contributed by atoms with Gasteiger partial charge in [0, 0.05) is 17.3 Å². The summed E-state index contributed by atoms with van der Waals surface area (Å²) in [5.74, 6) is -0.344. The van der Waals surface area contributed by atoms with Crippen molar-refractivity contribution in [2.24, 2.45) is 4.99 Å². The highest BCUT2D eigenvalue weighted by atomic mass is 16.5. The maximum atomic E-state index is 11.4. The van der Waals surface area contributed by atoms with Gasteiger partial charge in [-0.1, -0.05) is 18.2 Å². The molecule has 1 heterocycles. The van der Waals surface area contributed by atoms with Gasteiger partial charge in [-0.2, -0.15) is 0 Å². The summed E-state index contributed by atoms with van der Waals surface area (Å²) in [6, 6.07) is 17.0. The average molecular weight is 304 g/mol. The number of hydrogen-bond donors (Lipinski definition) is 0. The van der Waals surface area contributed by atoms with Gasteiger partial charge in [0.05, 0.1) is 23.9 Å². The Morgan fingerprint density at radius 1 is 1.09 bits per heavy atom. The number of carbonyl (C=O) groups excluding carboxylic acids is 1. The third-order valence-corrected chi connectivity index (χ3v) is 3.53. The van der Waals surface area contributed by atoms with Gasteiger partial charge in [0.25, 0.3) is 0 Å². The fraction of sp³-hybridized carbons (Fsp3) is 0.105. The van der Waals surface area contributed by atoms with E-state index in [2.05, 4.69) is 14.7 Å². The predicted octanol–water partition coefficient (Wildman–Crippen LogP) is 4.08. The van der Waals surface area contributed by atoms with Crippen molar-refractivity contribution >= 4 is 28.8 Å². The van der Waals surface area contributed by atoms with Gasteiger partial charge in [-0.3, -0.25) is 9.98 Å². The summed E-state index contributed by atoms with van der Waals surface area (Å²) in [5, 5.41) is 1.01. The van der Waals surface area contributed by atoms with E-state index in [0.29, 0.717) is 5.56 Å². The van der Waals surface area contributed by atoms with Crippen LogP contribution >= 0.6 is 0 Å². The Balaban J connectivity index is 1.89. The van der Waals surface area contributed by atoms with Crippen molar-refractivity contribution in [1.29, 1.82) is 0 Å². The quantitative estimate of drug-likeness (QED) is 0.541. The van der Waals surface area contributed by atoms with Crippen LogP contribution in [0.1, 0.15) is 21.6 Å². The second-order valence-electron chi connectivity index (χ2n) is 5.17. The van der Waals surface area contributed by atoms with E-state index in [-0.39, 0.29) is 5.97 Å². The highest BCUT2D eigenvalue weighted by molar-refractivity contribution is 5.94. The number of nitrogens with zero attached hydrogens (tertiary/aromatic N) is 2. The number of carbonyl (C=O) groups is 1. The predicted molar refractivity (Wildman–Crippen MR) is 91.5 cm³/mol. The summed E-state index contributed by atoms with van der Waals surface area (Å²) in [4.78, 5) is 20.5. The zero-order valence-corrected chi connectivity index (χ0v) is 13.0. The van der Waals surface area contributed by atoms with Crippen molar-refractivity contribution in [2.45, 2.75) is 6.92 Å². The Labute approximate surface area is 134 Å². The largest absolute Gasteiger partial charge is 0.465 e. The molecule has 4 heteroatoms. The average Bonchev–Trinajstić information content (AvgIpc) is 2.59. The molecule has 0 bridgehead atoms. The molecule has 3 rings (SSSR count). The number of aromatic nitrogens is 1. The van der Waals surface area contributed by atoms with Gasteiger partial charge >= 0.3 is 5.97 Å². The Morgan fingerprint density at radius 3 is 2.61 bits per heavy atom. The first-order valence-electron chi connectivity index (χ1n) is 7.26. The zero-order chi connectivity index (χ0) is 16.2. The number of aliphatic imine (C=N–C) groups is 1. The van der Waals surface area contributed by atoms with Crippen LogP contribution in [0.15, 0.2) is 59.6 Å². The molecule has 2 aromatic carbocycles. The Morgan fingerprint density at radius 2 is 1.87 bits per heavy atom. The fourth-order valence-corrected chi connectivity index (χ4v) is 2.32. The molecule has 3 aromatic rings. The molecule has 0 atom stereocenters. The lowest BCUT2D eigenvalue weighted by molar-refractivity contribution is 0.0600. The molecule has 0 spiro atoms. The lowest BCUT2D eigenvalue weighted by atomic mass is 10.1. The molecular formula is C19H16N2O2. The number of esters is 1. The van der Waals surface area contributed by atoms with Gasteiger partial charge in [-0.25, -0.2) is 4.79 Å². The van der Waals surface area contributed by atoms with Crippen LogP contribution in [0, 0.1) is 6.92 Å². The SMILES string of the molecule is COC(=O)c1ccc(C=Nc2cccc3nc(C)ccc23)cc1. The van der Waals surface area contributed by atoms with E-state index in [1.165, 1.54) is 7.11 Å². The number of hydrogen-bond acceptors (Lipinski definition) is 4. The molecule has 0 aliphatic rings. The number of methoxy groups -OCH3 is 1. The highest BCUT2D eigenvalue weighted by Crippen LogP contribution is 2.24. The van der Waals surface area contributed by atoms with Crippen molar-refractivity contribution in [3.05, 3.63) is 71.4 Å². The molecule has 0 aliphatic heterocycles. The van der Waals surface area contributed by atoms with Gasteiger partial charge in [-0.15, -0.1) is 0 Å². The maximum Gasteiger partial charge on any atom is 0.337 e. The van der Waals surface area contributed by atoms with Crippen LogP contribution in [0.25, 0.3) is 10.9 Å². The van der Waals surface area contributed by atoms with Crippen molar-refractivity contribution in [3.8, 4) is 0 Å². The topological polar surface area (TPSA) is 51.5 Å². The van der Waals surface area contributed by atoms with Crippen molar-refractivity contribution < 1.29 is 9.53 Å². The molecule has 0 amide bonds. The molecular weight excluding hydrogens is 288 g/mol. The third kappa shape index (κ3) is 3.26. The number of ether oxygens (including phenoxy) is 1. The Kier molecular flexibility index (Phi) is 4.15. The normalized spacial score (nSPS) is 11.0. The molecule has 23 heavy (non-hydrogen) atoms. The molecule has 0 saturated heterocycles. The molecule has 4 nitrogen and oxygen atoms in total. The first-order chi connectivity index (χ1) is 11.2. The van der Waals surface area contributed by atoms with Crippen LogP contribution in [-0.4, -0.2) is 24.3 Å². The van der Waals surface area contributed by atoms with E-state index >= 15 is 0 Å². The van der Waals surface area contributed by atoms with Crippen LogP contribution in [0.5, 0.6) is 0 Å². The molecule has 0 unspecified atom stereocenters. The monoisotopic (exact) mass is 304 g/mol. The Hall–Kier alpha value is -3.01. The summed E-state index contributed by atoms with van der Waals surface area (Å²) in [7, 11) is 1.37. The summed E-state index contributed by atoms with van der Waals surface area (Å²) in [5.41, 5.74) is 4.22. The molecule has 0 aliphatic carbocycles. The van der Waals surface area contributed by atoms with Crippen molar-refractivity contribution in [3.63, 3.8) is 0 Å². The second-order valence-corrected chi connectivity index (χ2v) is 5.17. The van der Waals surface area contributed by atoms with E-state index in [4.69, 9.17) is 0 Å². The van der Waals surface area contributed by atoms with E-state index < -0.39 is 0 Å². The number of benzene rings is 2. The minimum atomic E-state index is -0.344. The molecule has 0 radical (unpaired) electrons.